The summed E-state index contributed by atoms with van der Waals surface area (Å²) in [6, 6.07) is 13.5. The SMILES string of the molecule is Cc1cc(C(=O)NCc2ccccc2C)nc(NCc2cccnc2)n1. The Morgan fingerprint density at radius 1 is 1.04 bits per heavy atom. The second-order valence-corrected chi connectivity index (χ2v) is 6.04. The summed E-state index contributed by atoms with van der Waals surface area (Å²) < 4.78 is 0. The monoisotopic (exact) mass is 347 g/mol. The Hall–Kier alpha value is -3.28. The number of nitrogens with zero attached hydrogens (tertiary/aromatic N) is 3. The summed E-state index contributed by atoms with van der Waals surface area (Å²) in [6.45, 7) is 4.88. The number of hydrogen-bond donors (Lipinski definition) is 2. The van der Waals surface area contributed by atoms with Crippen LogP contribution in [0.4, 0.5) is 5.95 Å². The van der Waals surface area contributed by atoms with E-state index in [1.54, 1.807) is 18.5 Å². The molecule has 0 saturated heterocycles. The van der Waals surface area contributed by atoms with Gasteiger partial charge in [0, 0.05) is 31.2 Å². The number of aryl methyl sites for hydroxylation is 2. The molecule has 0 aliphatic rings. The maximum absolute atomic E-state index is 12.5. The van der Waals surface area contributed by atoms with Crippen molar-refractivity contribution in [2.24, 2.45) is 0 Å². The predicted molar refractivity (Wildman–Crippen MR) is 101 cm³/mol. The molecule has 0 radical (unpaired) electrons. The number of amides is 1. The summed E-state index contributed by atoms with van der Waals surface area (Å²) in [5, 5.41) is 6.06. The molecule has 0 bridgehead atoms. The normalized spacial score (nSPS) is 10.4. The molecule has 6 nitrogen and oxygen atoms in total. The van der Waals surface area contributed by atoms with E-state index in [1.165, 1.54) is 0 Å². The molecule has 0 saturated carbocycles. The van der Waals surface area contributed by atoms with Crippen LogP contribution in [0.2, 0.25) is 0 Å². The van der Waals surface area contributed by atoms with Gasteiger partial charge in [-0.2, -0.15) is 0 Å². The maximum Gasteiger partial charge on any atom is 0.270 e. The van der Waals surface area contributed by atoms with Crippen LogP contribution in [-0.4, -0.2) is 20.9 Å². The summed E-state index contributed by atoms with van der Waals surface area (Å²) in [4.78, 5) is 25.2. The number of hydrogen-bond acceptors (Lipinski definition) is 5. The van der Waals surface area contributed by atoms with Crippen LogP contribution >= 0.6 is 0 Å². The Morgan fingerprint density at radius 2 is 1.88 bits per heavy atom. The smallest absolute Gasteiger partial charge is 0.270 e. The van der Waals surface area contributed by atoms with Crippen LogP contribution in [0.5, 0.6) is 0 Å². The second kappa shape index (κ2) is 8.20. The molecule has 0 spiro atoms. The fourth-order valence-corrected chi connectivity index (χ4v) is 2.52. The molecule has 3 rings (SSSR count). The van der Waals surface area contributed by atoms with E-state index in [9.17, 15) is 4.79 Å². The molecule has 0 aliphatic heterocycles. The van der Waals surface area contributed by atoms with E-state index in [0.29, 0.717) is 24.7 Å². The van der Waals surface area contributed by atoms with Gasteiger partial charge in [0.05, 0.1) is 0 Å². The molecule has 2 heterocycles. The molecule has 0 aliphatic carbocycles. The van der Waals surface area contributed by atoms with Crippen molar-refractivity contribution < 1.29 is 4.79 Å². The Bertz CT molecular complexity index is 896. The molecule has 26 heavy (non-hydrogen) atoms. The van der Waals surface area contributed by atoms with Crippen LogP contribution in [0.1, 0.15) is 32.9 Å². The molecule has 0 atom stereocenters. The molecular formula is C20H21N5O. The van der Waals surface area contributed by atoms with Crippen LogP contribution in [-0.2, 0) is 13.1 Å². The lowest BCUT2D eigenvalue weighted by Crippen LogP contribution is -2.25. The molecule has 1 aromatic carbocycles. The van der Waals surface area contributed by atoms with Crippen molar-refractivity contribution >= 4 is 11.9 Å². The summed E-state index contributed by atoms with van der Waals surface area (Å²) in [5.74, 6) is 0.207. The van der Waals surface area contributed by atoms with Crippen molar-refractivity contribution in [3.05, 3.63) is 82.9 Å². The van der Waals surface area contributed by atoms with E-state index in [0.717, 1.165) is 22.4 Å². The fraction of sp³-hybridized carbons (Fsp3) is 0.200. The molecule has 2 aromatic heterocycles. The summed E-state index contributed by atoms with van der Waals surface area (Å²) in [6.07, 6.45) is 3.50. The fourth-order valence-electron chi connectivity index (χ4n) is 2.52. The van der Waals surface area contributed by atoms with Crippen molar-refractivity contribution in [1.82, 2.24) is 20.3 Å². The van der Waals surface area contributed by atoms with Gasteiger partial charge >= 0.3 is 0 Å². The zero-order valence-corrected chi connectivity index (χ0v) is 14.9. The van der Waals surface area contributed by atoms with E-state index >= 15 is 0 Å². The first-order valence-electron chi connectivity index (χ1n) is 8.43. The van der Waals surface area contributed by atoms with Gasteiger partial charge in [0.1, 0.15) is 5.69 Å². The number of nitrogens with one attached hydrogen (secondary N) is 2. The lowest BCUT2D eigenvalue weighted by molar-refractivity contribution is 0.0945. The highest BCUT2D eigenvalue weighted by molar-refractivity contribution is 5.92. The molecule has 3 aromatic rings. The Kier molecular flexibility index (Phi) is 5.53. The second-order valence-electron chi connectivity index (χ2n) is 6.04. The van der Waals surface area contributed by atoms with Crippen LogP contribution in [0.3, 0.4) is 0 Å². The molecule has 6 heteroatoms. The van der Waals surface area contributed by atoms with Gasteiger partial charge in [-0.15, -0.1) is 0 Å². The van der Waals surface area contributed by atoms with Crippen molar-refractivity contribution in [3.63, 3.8) is 0 Å². The quantitative estimate of drug-likeness (QED) is 0.716. The largest absolute Gasteiger partial charge is 0.350 e. The van der Waals surface area contributed by atoms with Crippen LogP contribution < -0.4 is 10.6 Å². The summed E-state index contributed by atoms with van der Waals surface area (Å²) in [7, 11) is 0. The highest BCUT2D eigenvalue weighted by Crippen LogP contribution is 2.09. The number of pyridine rings is 1. The maximum atomic E-state index is 12.5. The number of anilines is 1. The minimum Gasteiger partial charge on any atom is -0.350 e. The van der Waals surface area contributed by atoms with Gasteiger partial charge in [0.2, 0.25) is 5.95 Å². The first-order chi connectivity index (χ1) is 12.6. The predicted octanol–water partition coefficient (Wildman–Crippen LogP) is 3.03. The standard InChI is InChI=1S/C20H21N5O/c1-14-6-3-4-8-17(14)13-22-19(26)18-10-15(2)24-20(25-18)23-12-16-7-5-9-21-11-16/h3-11H,12-13H2,1-2H3,(H,22,26)(H,23,24,25). The van der Waals surface area contributed by atoms with Gasteiger partial charge in [-0.25, -0.2) is 9.97 Å². The molecule has 2 N–H and O–H groups in total. The van der Waals surface area contributed by atoms with Crippen LogP contribution in [0.25, 0.3) is 0 Å². The summed E-state index contributed by atoms with van der Waals surface area (Å²) >= 11 is 0. The number of carbonyl (C=O) groups is 1. The highest BCUT2D eigenvalue weighted by atomic mass is 16.1. The average Bonchev–Trinajstić information content (AvgIpc) is 2.66. The van der Waals surface area contributed by atoms with Crippen molar-refractivity contribution in [2.75, 3.05) is 5.32 Å². The minimum absolute atomic E-state index is 0.219. The number of carbonyl (C=O) groups excluding carboxylic acids is 1. The van der Waals surface area contributed by atoms with Gasteiger partial charge in [0.25, 0.3) is 5.91 Å². The molecule has 0 unspecified atom stereocenters. The highest BCUT2D eigenvalue weighted by Gasteiger charge is 2.11. The third kappa shape index (κ3) is 4.63. The van der Waals surface area contributed by atoms with Gasteiger partial charge in [-0.05, 0) is 42.7 Å². The Balaban J connectivity index is 1.66. The van der Waals surface area contributed by atoms with Crippen LogP contribution in [0, 0.1) is 13.8 Å². The van der Waals surface area contributed by atoms with Crippen molar-refractivity contribution in [1.29, 1.82) is 0 Å². The zero-order valence-electron chi connectivity index (χ0n) is 14.9. The lowest BCUT2D eigenvalue weighted by atomic mass is 10.1. The van der Waals surface area contributed by atoms with E-state index in [4.69, 9.17) is 0 Å². The minimum atomic E-state index is -0.219. The van der Waals surface area contributed by atoms with E-state index in [-0.39, 0.29) is 5.91 Å². The van der Waals surface area contributed by atoms with Crippen molar-refractivity contribution in [2.45, 2.75) is 26.9 Å². The van der Waals surface area contributed by atoms with Gasteiger partial charge < -0.3 is 10.6 Å². The molecule has 0 fully saturated rings. The van der Waals surface area contributed by atoms with E-state index in [2.05, 4.69) is 25.6 Å². The van der Waals surface area contributed by atoms with E-state index < -0.39 is 0 Å². The van der Waals surface area contributed by atoms with Crippen LogP contribution in [0.15, 0.2) is 54.9 Å². The van der Waals surface area contributed by atoms with Gasteiger partial charge in [0.15, 0.2) is 0 Å². The van der Waals surface area contributed by atoms with E-state index in [1.807, 2.05) is 50.2 Å². The molecule has 132 valence electrons. The topological polar surface area (TPSA) is 79.8 Å². The molecular weight excluding hydrogens is 326 g/mol. The Morgan fingerprint density at radius 3 is 2.65 bits per heavy atom. The summed E-state index contributed by atoms with van der Waals surface area (Å²) in [5.41, 5.74) is 4.32. The first kappa shape index (κ1) is 17.5. The van der Waals surface area contributed by atoms with Crippen molar-refractivity contribution in [3.8, 4) is 0 Å². The lowest BCUT2D eigenvalue weighted by Gasteiger charge is -2.10. The average molecular weight is 347 g/mol. The third-order valence-corrected chi connectivity index (χ3v) is 3.96. The van der Waals surface area contributed by atoms with Gasteiger partial charge in [-0.3, -0.25) is 9.78 Å². The van der Waals surface area contributed by atoms with Gasteiger partial charge in [-0.1, -0.05) is 30.3 Å². The third-order valence-electron chi connectivity index (χ3n) is 3.96. The first-order valence-corrected chi connectivity index (χ1v) is 8.43. The number of benzene rings is 1. The Labute approximate surface area is 152 Å². The number of rotatable bonds is 6. The zero-order chi connectivity index (χ0) is 18.4. The number of aromatic nitrogens is 3. The molecule has 1 amide bonds.